The number of carbonyl (C=O) groups is 1. The molecule has 0 radical (unpaired) electrons. The number of ketones is 1. The molecule has 0 amide bonds. The minimum atomic E-state index is -4.57. The first kappa shape index (κ1) is 23.7. The number of allylic oxidation sites excluding steroid dienone is 1. The van der Waals surface area contributed by atoms with Crippen LogP contribution in [0.4, 0.5) is 0 Å². The highest BCUT2D eigenvalue weighted by atomic mass is 32.3. The highest BCUT2D eigenvalue weighted by Crippen LogP contribution is 2.58. The maximum absolute atomic E-state index is 14.6. The van der Waals surface area contributed by atoms with Gasteiger partial charge in [-0.1, -0.05) is 60.7 Å². The van der Waals surface area contributed by atoms with Crippen LogP contribution in [-0.4, -0.2) is 33.8 Å². The molecule has 0 spiro atoms. The predicted octanol–water partition coefficient (Wildman–Crippen LogP) is 3.87. The number of sulfone groups is 2. The van der Waals surface area contributed by atoms with E-state index in [1.807, 2.05) is 0 Å². The minimum Gasteiger partial charge on any atom is -0.369 e. The van der Waals surface area contributed by atoms with Crippen molar-refractivity contribution in [2.75, 3.05) is 7.11 Å². The molecule has 2 aliphatic carbocycles. The van der Waals surface area contributed by atoms with Crippen molar-refractivity contribution in [3.63, 3.8) is 0 Å². The second kappa shape index (κ2) is 8.26. The Morgan fingerprint density at radius 3 is 1.83 bits per heavy atom. The van der Waals surface area contributed by atoms with Crippen molar-refractivity contribution < 1.29 is 26.4 Å². The summed E-state index contributed by atoms with van der Waals surface area (Å²) in [6, 6.07) is 22.2. The fourth-order valence-corrected chi connectivity index (χ4v) is 11.1. The van der Waals surface area contributed by atoms with E-state index in [2.05, 4.69) is 0 Å². The summed E-state index contributed by atoms with van der Waals surface area (Å²) in [4.78, 5) is 12.5. The Kier molecular flexibility index (Phi) is 5.58. The first-order valence-corrected chi connectivity index (χ1v) is 14.1. The first-order valence-electron chi connectivity index (χ1n) is 11.2. The molecular weight excluding hydrogens is 484 g/mol. The molecule has 2 atom stereocenters. The van der Waals surface area contributed by atoms with Crippen LogP contribution >= 0.6 is 0 Å². The normalized spacial score (nSPS) is 23.3. The van der Waals surface area contributed by atoms with Crippen LogP contribution in [0.3, 0.4) is 0 Å². The van der Waals surface area contributed by atoms with Gasteiger partial charge in [0.25, 0.3) is 0 Å². The molecule has 8 heteroatoms. The summed E-state index contributed by atoms with van der Waals surface area (Å²) in [7, 11) is -7.72. The van der Waals surface area contributed by atoms with Gasteiger partial charge >= 0.3 is 0 Å². The highest BCUT2D eigenvalue weighted by Gasteiger charge is 2.69. The van der Waals surface area contributed by atoms with Gasteiger partial charge in [0.05, 0.1) is 9.79 Å². The average molecular weight is 509 g/mol. The van der Waals surface area contributed by atoms with E-state index in [1.165, 1.54) is 43.5 Å². The number of methoxy groups -OCH3 is 1. The number of hydrogen-bond acceptors (Lipinski definition) is 6. The standard InChI is InChI=1S/C27H24O6S2/c1-33-26-17-16-21(28)18-25(26)27(19-20-10-8-9-15-24(20)26,34(29,30)22-11-4-2-5-12-22)35(31,32)23-13-6-3-7-14-23/h2-17,25H,18-19H2,1H3/t25-,26+/m0/s1. The maximum atomic E-state index is 14.6. The van der Waals surface area contributed by atoms with Gasteiger partial charge in [-0.15, -0.1) is 0 Å². The zero-order chi connectivity index (χ0) is 24.9. The van der Waals surface area contributed by atoms with Crippen molar-refractivity contribution in [1.82, 2.24) is 0 Å². The molecule has 0 bridgehead atoms. The monoisotopic (exact) mass is 508 g/mol. The smallest absolute Gasteiger partial charge is 0.199 e. The third-order valence-corrected chi connectivity index (χ3v) is 13.0. The van der Waals surface area contributed by atoms with E-state index >= 15 is 0 Å². The first-order chi connectivity index (χ1) is 16.7. The van der Waals surface area contributed by atoms with Crippen molar-refractivity contribution >= 4 is 25.5 Å². The van der Waals surface area contributed by atoms with Crippen molar-refractivity contribution in [1.29, 1.82) is 0 Å². The summed E-state index contributed by atoms with van der Waals surface area (Å²) in [6.45, 7) is 0. The minimum absolute atomic E-state index is 0.120. The van der Waals surface area contributed by atoms with Crippen LogP contribution in [0.2, 0.25) is 0 Å². The molecule has 2 aliphatic rings. The van der Waals surface area contributed by atoms with Gasteiger partial charge in [-0.25, -0.2) is 16.8 Å². The largest absolute Gasteiger partial charge is 0.369 e. The Bertz CT molecular complexity index is 1460. The van der Waals surface area contributed by atoms with Crippen LogP contribution < -0.4 is 0 Å². The summed E-state index contributed by atoms with van der Waals surface area (Å²) >= 11 is 0. The van der Waals surface area contributed by atoms with Crippen molar-refractivity contribution in [2.24, 2.45) is 5.92 Å². The fraction of sp³-hybridized carbons (Fsp3) is 0.222. The van der Waals surface area contributed by atoms with E-state index in [0.29, 0.717) is 11.1 Å². The molecule has 0 N–H and O–H groups in total. The van der Waals surface area contributed by atoms with Crippen molar-refractivity contribution in [2.45, 2.75) is 32.3 Å². The predicted molar refractivity (Wildman–Crippen MR) is 131 cm³/mol. The molecule has 180 valence electrons. The van der Waals surface area contributed by atoms with Crippen LogP contribution in [0.5, 0.6) is 0 Å². The molecule has 35 heavy (non-hydrogen) atoms. The molecule has 6 nitrogen and oxygen atoms in total. The second-order valence-corrected chi connectivity index (χ2v) is 13.5. The number of fused-ring (bicyclic) bond motifs is 3. The molecule has 0 aromatic heterocycles. The quantitative estimate of drug-likeness (QED) is 0.519. The zero-order valence-corrected chi connectivity index (χ0v) is 20.6. The summed E-state index contributed by atoms with van der Waals surface area (Å²) < 4.78 is 62.0. The fourth-order valence-electron chi connectivity index (χ4n) is 5.59. The van der Waals surface area contributed by atoms with Gasteiger partial charge in [-0.05, 0) is 47.5 Å². The number of hydrogen-bond donors (Lipinski definition) is 0. The van der Waals surface area contributed by atoms with Gasteiger partial charge in [0, 0.05) is 25.9 Å². The van der Waals surface area contributed by atoms with Crippen LogP contribution in [0.1, 0.15) is 17.5 Å². The van der Waals surface area contributed by atoms with Gasteiger partial charge < -0.3 is 4.74 Å². The lowest BCUT2D eigenvalue weighted by atomic mass is 9.66. The zero-order valence-electron chi connectivity index (χ0n) is 19.0. The average Bonchev–Trinajstić information content (AvgIpc) is 2.89. The lowest BCUT2D eigenvalue weighted by Gasteiger charge is -2.53. The molecular formula is C27H24O6S2. The molecule has 0 aliphatic heterocycles. The third-order valence-electron chi connectivity index (χ3n) is 7.20. The Labute approximate surface area is 205 Å². The van der Waals surface area contributed by atoms with Crippen molar-refractivity contribution in [3.8, 4) is 0 Å². The Balaban J connectivity index is 1.95. The molecule has 3 aromatic rings. The molecule has 0 saturated carbocycles. The highest BCUT2D eigenvalue weighted by molar-refractivity contribution is 8.10. The van der Waals surface area contributed by atoms with Gasteiger partial charge in [0.15, 0.2) is 29.5 Å². The summed E-state index contributed by atoms with van der Waals surface area (Å²) in [6.07, 6.45) is 2.28. The van der Waals surface area contributed by atoms with Crippen LogP contribution in [0.15, 0.2) is 107 Å². The van der Waals surface area contributed by atoms with E-state index in [0.717, 1.165) is 0 Å². The van der Waals surface area contributed by atoms with E-state index < -0.39 is 35.3 Å². The molecule has 0 saturated heterocycles. The van der Waals surface area contributed by atoms with E-state index in [9.17, 15) is 21.6 Å². The van der Waals surface area contributed by atoms with Crippen LogP contribution in [0, 0.1) is 5.92 Å². The van der Waals surface area contributed by atoms with Crippen LogP contribution in [-0.2, 0) is 41.2 Å². The Morgan fingerprint density at radius 1 is 0.771 bits per heavy atom. The summed E-state index contributed by atoms with van der Waals surface area (Å²) in [5, 5.41) is 0. The second-order valence-electron chi connectivity index (χ2n) is 8.83. The van der Waals surface area contributed by atoms with Crippen molar-refractivity contribution in [3.05, 3.63) is 108 Å². The Hall–Kier alpha value is -3.07. The lowest BCUT2D eigenvalue weighted by Crippen LogP contribution is -2.64. The topological polar surface area (TPSA) is 94.6 Å². The third kappa shape index (κ3) is 3.20. The van der Waals surface area contributed by atoms with Crippen LogP contribution in [0.25, 0.3) is 0 Å². The number of rotatable bonds is 5. The van der Waals surface area contributed by atoms with Gasteiger partial charge in [0.1, 0.15) is 5.60 Å². The van der Waals surface area contributed by atoms with E-state index in [-0.39, 0.29) is 28.4 Å². The lowest BCUT2D eigenvalue weighted by molar-refractivity contribution is -0.121. The SMILES string of the molecule is CO[C@@]12C=CC(=O)C[C@@H]1C(S(=O)(=O)c1ccccc1)(S(=O)(=O)c1ccccc1)Cc1ccccc12. The molecule has 0 unspecified atom stereocenters. The molecule has 3 aromatic carbocycles. The van der Waals surface area contributed by atoms with Gasteiger partial charge in [-0.3, -0.25) is 4.79 Å². The van der Waals surface area contributed by atoms with Gasteiger partial charge in [-0.2, -0.15) is 0 Å². The number of carbonyl (C=O) groups excluding carboxylic acids is 1. The summed E-state index contributed by atoms with van der Waals surface area (Å²) in [5.41, 5.74) is -0.214. The van der Waals surface area contributed by atoms with E-state index in [4.69, 9.17) is 4.74 Å². The van der Waals surface area contributed by atoms with E-state index in [1.54, 1.807) is 60.7 Å². The molecule has 5 rings (SSSR count). The van der Waals surface area contributed by atoms with Gasteiger partial charge in [0.2, 0.25) is 0 Å². The number of benzene rings is 3. The Morgan fingerprint density at radius 2 is 1.29 bits per heavy atom. The number of ether oxygens (including phenoxy) is 1. The maximum Gasteiger partial charge on any atom is 0.199 e. The summed E-state index contributed by atoms with van der Waals surface area (Å²) in [5.74, 6) is -1.57. The molecule has 0 heterocycles. The molecule has 0 fully saturated rings.